The molecular weight excluding hydrogens is 386 g/mol. The second kappa shape index (κ2) is 8.76. The summed E-state index contributed by atoms with van der Waals surface area (Å²) >= 11 is 0. The van der Waals surface area contributed by atoms with E-state index >= 15 is 0 Å². The average Bonchev–Trinajstić information content (AvgIpc) is 2.80. The van der Waals surface area contributed by atoms with E-state index in [0.717, 1.165) is 24.4 Å². The first-order valence-corrected chi connectivity index (χ1v) is 10.1. The molecular formula is C21H25N5O4. The largest absolute Gasteiger partial charge is 0.497 e. The van der Waals surface area contributed by atoms with Gasteiger partial charge in [0, 0.05) is 44.5 Å². The molecule has 30 heavy (non-hydrogen) atoms. The minimum absolute atomic E-state index is 0.327. The Kier molecular flexibility index (Phi) is 5.91. The molecule has 0 spiro atoms. The summed E-state index contributed by atoms with van der Waals surface area (Å²) in [4.78, 5) is 37.2. The van der Waals surface area contributed by atoms with Gasteiger partial charge in [-0.25, -0.2) is 14.8 Å². The van der Waals surface area contributed by atoms with Crippen LogP contribution in [-0.2, 0) is 17.8 Å². The molecule has 1 aliphatic heterocycles. The molecule has 0 bridgehead atoms. The number of ether oxygens (including phenoxy) is 2. The SMILES string of the molecule is CCn1c(=O)n(CCN2CCOCC2)c(=O)c2cnc(-c3ccc(OC)cc3)nc21. The van der Waals surface area contributed by atoms with E-state index in [9.17, 15) is 9.59 Å². The quantitative estimate of drug-likeness (QED) is 0.597. The molecule has 1 fully saturated rings. The highest BCUT2D eigenvalue weighted by atomic mass is 16.5. The topological polar surface area (TPSA) is 91.5 Å². The van der Waals surface area contributed by atoms with E-state index in [2.05, 4.69) is 14.9 Å². The number of rotatable bonds is 6. The minimum Gasteiger partial charge on any atom is -0.497 e. The Hall–Kier alpha value is -3.04. The molecule has 0 saturated carbocycles. The first-order valence-electron chi connectivity index (χ1n) is 10.1. The molecule has 3 aromatic rings. The van der Waals surface area contributed by atoms with E-state index in [1.54, 1.807) is 7.11 Å². The number of aromatic nitrogens is 4. The maximum atomic E-state index is 13.0. The third-order valence-corrected chi connectivity index (χ3v) is 5.37. The van der Waals surface area contributed by atoms with Crippen LogP contribution < -0.4 is 16.0 Å². The second-order valence-corrected chi connectivity index (χ2v) is 7.10. The molecule has 9 heteroatoms. The number of aryl methyl sites for hydroxylation is 1. The van der Waals surface area contributed by atoms with Gasteiger partial charge >= 0.3 is 5.69 Å². The van der Waals surface area contributed by atoms with Crippen LogP contribution in [0.2, 0.25) is 0 Å². The van der Waals surface area contributed by atoms with E-state index in [-0.39, 0.29) is 11.2 Å². The van der Waals surface area contributed by atoms with Gasteiger partial charge in [0.05, 0.1) is 20.3 Å². The van der Waals surface area contributed by atoms with Crippen molar-refractivity contribution in [3.05, 3.63) is 51.3 Å². The van der Waals surface area contributed by atoms with Crippen molar-refractivity contribution in [3.8, 4) is 17.1 Å². The lowest BCUT2D eigenvalue weighted by Crippen LogP contribution is -2.44. The maximum Gasteiger partial charge on any atom is 0.332 e. The van der Waals surface area contributed by atoms with Gasteiger partial charge in [-0.15, -0.1) is 0 Å². The fourth-order valence-corrected chi connectivity index (χ4v) is 3.63. The predicted molar refractivity (Wildman–Crippen MR) is 113 cm³/mol. The average molecular weight is 411 g/mol. The van der Waals surface area contributed by atoms with Crippen LogP contribution in [0, 0.1) is 0 Å². The molecule has 1 saturated heterocycles. The van der Waals surface area contributed by atoms with Crippen molar-refractivity contribution in [2.24, 2.45) is 0 Å². The lowest BCUT2D eigenvalue weighted by Gasteiger charge is -2.26. The van der Waals surface area contributed by atoms with Crippen molar-refractivity contribution in [1.29, 1.82) is 0 Å². The van der Waals surface area contributed by atoms with Gasteiger partial charge in [-0.3, -0.25) is 18.8 Å². The highest BCUT2D eigenvalue weighted by Gasteiger charge is 2.17. The molecule has 0 N–H and O–H groups in total. The molecule has 1 aliphatic rings. The molecule has 0 amide bonds. The number of nitrogens with zero attached hydrogens (tertiary/aromatic N) is 5. The first kappa shape index (κ1) is 20.2. The molecule has 0 unspecified atom stereocenters. The molecule has 2 aromatic heterocycles. The van der Waals surface area contributed by atoms with Crippen molar-refractivity contribution in [2.75, 3.05) is 40.0 Å². The van der Waals surface area contributed by atoms with Gasteiger partial charge in [-0.2, -0.15) is 0 Å². The van der Waals surface area contributed by atoms with E-state index in [4.69, 9.17) is 9.47 Å². The second-order valence-electron chi connectivity index (χ2n) is 7.10. The number of methoxy groups -OCH3 is 1. The van der Waals surface area contributed by atoms with Crippen LogP contribution in [0.5, 0.6) is 5.75 Å². The third kappa shape index (κ3) is 3.86. The van der Waals surface area contributed by atoms with Gasteiger partial charge in [-0.1, -0.05) is 0 Å². The Bertz CT molecular complexity index is 1150. The zero-order valence-corrected chi connectivity index (χ0v) is 17.2. The fourth-order valence-electron chi connectivity index (χ4n) is 3.63. The van der Waals surface area contributed by atoms with Crippen LogP contribution in [-0.4, -0.2) is 64.0 Å². The monoisotopic (exact) mass is 411 g/mol. The van der Waals surface area contributed by atoms with E-state index in [1.807, 2.05) is 31.2 Å². The first-order chi connectivity index (χ1) is 14.6. The van der Waals surface area contributed by atoms with E-state index < -0.39 is 0 Å². The summed E-state index contributed by atoms with van der Waals surface area (Å²) in [6.07, 6.45) is 1.51. The van der Waals surface area contributed by atoms with Gasteiger partial charge < -0.3 is 9.47 Å². The molecule has 1 aromatic carbocycles. The third-order valence-electron chi connectivity index (χ3n) is 5.37. The van der Waals surface area contributed by atoms with Crippen molar-refractivity contribution in [1.82, 2.24) is 24.0 Å². The Balaban J connectivity index is 1.73. The summed E-state index contributed by atoms with van der Waals surface area (Å²) in [7, 11) is 1.60. The van der Waals surface area contributed by atoms with Gasteiger partial charge in [0.25, 0.3) is 5.56 Å². The number of hydrogen-bond donors (Lipinski definition) is 0. The fraction of sp³-hybridized carbons (Fsp3) is 0.429. The molecule has 158 valence electrons. The van der Waals surface area contributed by atoms with E-state index in [1.165, 1.54) is 15.3 Å². The van der Waals surface area contributed by atoms with Gasteiger partial charge in [0.1, 0.15) is 11.1 Å². The highest BCUT2D eigenvalue weighted by Crippen LogP contribution is 2.20. The Morgan fingerprint density at radius 1 is 1.07 bits per heavy atom. The number of hydrogen-bond acceptors (Lipinski definition) is 7. The Labute approximate surface area is 173 Å². The summed E-state index contributed by atoms with van der Waals surface area (Å²) in [5.74, 6) is 1.19. The van der Waals surface area contributed by atoms with Crippen LogP contribution in [0.25, 0.3) is 22.4 Å². The van der Waals surface area contributed by atoms with Crippen LogP contribution in [0.3, 0.4) is 0 Å². The zero-order chi connectivity index (χ0) is 21.1. The molecule has 4 rings (SSSR count). The summed E-state index contributed by atoms with van der Waals surface area (Å²) < 4.78 is 13.4. The van der Waals surface area contributed by atoms with Crippen molar-refractivity contribution < 1.29 is 9.47 Å². The maximum absolute atomic E-state index is 13.0. The van der Waals surface area contributed by atoms with Crippen LogP contribution >= 0.6 is 0 Å². The highest BCUT2D eigenvalue weighted by molar-refractivity contribution is 5.75. The summed E-state index contributed by atoms with van der Waals surface area (Å²) in [5.41, 5.74) is 0.442. The molecule has 0 radical (unpaired) electrons. The zero-order valence-electron chi connectivity index (χ0n) is 17.2. The molecule has 0 aliphatic carbocycles. The predicted octanol–water partition coefficient (Wildman–Crippen LogP) is 0.981. The normalized spacial score (nSPS) is 14.9. The lowest BCUT2D eigenvalue weighted by molar-refractivity contribution is 0.0361. The molecule has 9 nitrogen and oxygen atoms in total. The van der Waals surface area contributed by atoms with E-state index in [0.29, 0.717) is 49.7 Å². The minimum atomic E-state index is -0.353. The smallest absolute Gasteiger partial charge is 0.332 e. The number of morpholine rings is 1. The van der Waals surface area contributed by atoms with Gasteiger partial charge in [-0.05, 0) is 31.2 Å². The summed E-state index contributed by atoms with van der Waals surface area (Å²) in [5, 5.41) is 0.343. The van der Waals surface area contributed by atoms with Crippen molar-refractivity contribution in [3.63, 3.8) is 0 Å². The van der Waals surface area contributed by atoms with Crippen LogP contribution in [0.1, 0.15) is 6.92 Å². The number of fused-ring (bicyclic) bond motifs is 1. The Morgan fingerprint density at radius 2 is 1.80 bits per heavy atom. The van der Waals surface area contributed by atoms with Crippen LogP contribution in [0.15, 0.2) is 40.1 Å². The van der Waals surface area contributed by atoms with Gasteiger partial charge in [0.15, 0.2) is 11.5 Å². The summed E-state index contributed by atoms with van der Waals surface area (Å²) in [6, 6.07) is 7.33. The Morgan fingerprint density at radius 3 is 2.47 bits per heavy atom. The molecule has 3 heterocycles. The van der Waals surface area contributed by atoms with Crippen molar-refractivity contribution >= 4 is 11.0 Å². The van der Waals surface area contributed by atoms with Crippen molar-refractivity contribution in [2.45, 2.75) is 20.0 Å². The van der Waals surface area contributed by atoms with Gasteiger partial charge in [0.2, 0.25) is 0 Å². The summed E-state index contributed by atoms with van der Waals surface area (Å²) in [6.45, 7) is 6.18. The lowest BCUT2D eigenvalue weighted by atomic mass is 10.2. The van der Waals surface area contributed by atoms with Crippen LogP contribution in [0.4, 0.5) is 0 Å². The number of benzene rings is 1. The standard InChI is InChI=1S/C21H25N5O4/c1-3-25-19-17(14-22-18(23-19)15-4-6-16(29-2)7-5-15)20(27)26(21(25)28)9-8-24-10-12-30-13-11-24/h4-7,14H,3,8-13H2,1-2H3. The molecule has 0 atom stereocenters.